The maximum atomic E-state index is 13.3. The highest BCUT2D eigenvalue weighted by atomic mass is 79.9. The molecule has 4 aromatic rings. The summed E-state index contributed by atoms with van der Waals surface area (Å²) in [6, 6.07) is 23.3. The lowest BCUT2D eigenvalue weighted by atomic mass is 9.92. The summed E-state index contributed by atoms with van der Waals surface area (Å²) < 4.78 is 0.968. The minimum atomic E-state index is -0.0873. The quantitative estimate of drug-likeness (QED) is 0.232. The lowest BCUT2D eigenvalue weighted by molar-refractivity contribution is 0.104. The fraction of sp³-hybridized carbons (Fsp3) is 0.0400. The summed E-state index contributed by atoms with van der Waals surface area (Å²) in [6.45, 7) is 1.88. The number of hydrogen-bond donors (Lipinski definition) is 0. The van der Waals surface area contributed by atoms with Gasteiger partial charge >= 0.3 is 0 Å². The summed E-state index contributed by atoms with van der Waals surface area (Å²) >= 11 is 9.74. The topological polar surface area (TPSA) is 30.0 Å². The maximum Gasteiger partial charge on any atom is 0.188 e. The van der Waals surface area contributed by atoms with Crippen molar-refractivity contribution in [1.82, 2.24) is 4.98 Å². The van der Waals surface area contributed by atoms with Crippen LogP contribution >= 0.6 is 27.5 Å². The van der Waals surface area contributed by atoms with Crippen LogP contribution in [0.3, 0.4) is 0 Å². The van der Waals surface area contributed by atoms with Crippen molar-refractivity contribution in [3.05, 3.63) is 105 Å². The van der Waals surface area contributed by atoms with Crippen molar-refractivity contribution in [3.8, 4) is 11.1 Å². The second-order valence-corrected chi connectivity index (χ2v) is 8.08. The summed E-state index contributed by atoms with van der Waals surface area (Å²) in [7, 11) is 0. The van der Waals surface area contributed by atoms with Crippen LogP contribution in [0.15, 0.2) is 83.3 Å². The molecule has 0 bridgehead atoms. The number of rotatable bonds is 4. The van der Waals surface area contributed by atoms with Crippen LogP contribution in [0.1, 0.15) is 21.6 Å². The number of benzene rings is 3. The highest BCUT2D eigenvalue weighted by Gasteiger charge is 2.19. The molecule has 1 aromatic heterocycles. The Bertz CT molecular complexity index is 1250. The Labute approximate surface area is 183 Å². The first-order valence-electron chi connectivity index (χ1n) is 9.16. The molecule has 0 atom stereocenters. The number of hydrogen-bond acceptors (Lipinski definition) is 2. The Balaban J connectivity index is 1.91. The molecule has 142 valence electrons. The first-order chi connectivity index (χ1) is 14.0. The van der Waals surface area contributed by atoms with Crippen molar-refractivity contribution in [2.24, 2.45) is 0 Å². The summed E-state index contributed by atoms with van der Waals surface area (Å²) in [6.07, 6.45) is 3.43. The predicted octanol–water partition coefficient (Wildman–Crippen LogP) is 7.52. The molecule has 3 aromatic carbocycles. The Kier molecular flexibility index (Phi) is 5.61. The molecule has 0 aliphatic rings. The highest BCUT2D eigenvalue weighted by Crippen LogP contribution is 2.35. The molecular formula is C25H17BrClNO. The number of fused-ring (bicyclic) bond motifs is 1. The van der Waals surface area contributed by atoms with Crippen LogP contribution in [-0.4, -0.2) is 10.8 Å². The van der Waals surface area contributed by atoms with Crippen LogP contribution in [0.5, 0.6) is 0 Å². The molecule has 4 heteroatoms. The van der Waals surface area contributed by atoms with E-state index in [4.69, 9.17) is 11.6 Å². The van der Waals surface area contributed by atoms with Gasteiger partial charge in [-0.05, 0) is 54.5 Å². The van der Waals surface area contributed by atoms with E-state index in [1.54, 1.807) is 6.08 Å². The van der Waals surface area contributed by atoms with Gasteiger partial charge in [0, 0.05) is 26.1 Å². The normalized spacial score (nSPS) is 11.3. The number of nitrogens with zero attached hydrogens (tertiary/aromatic N) is 1. The largest absolute Gasteiger partial charge is 0.289 e. The minimum absolute atomic E-state index is 0.0873. The molecule has 0 saturated heterocycles. The number of carbonyl (C=O) groups excluding carboxylic acids is 1. The van der Waals surface area contributed by atoms with Gasteiger partial charge in [-0.3, -0.25) is 9.78 Å². The van der Waals surface area contributed by atoms with Crippen LogP contribution in [0.2, 0.25) is 5.02 Å². The number of carbonyl (C=O) groups is 1. The molecule has 4 rings (SSSR count). The lowest BCUT2D eigenvalue weighted by Crippen LogP contribution is -2.05. The fourth-order valence-corrected chi connectivity index (χ4v) is 4.02. The molecule has 2 nitrogen and oxygen atoms in total. The first-order valence-corrected chi connectivity index (χ1v) is 10.3. The molecule has 0 unspecified atom stereocenters. The van der Waals surface area contributed by atoms with Crippen molar-refractivity contribution >= 4 is 50.3 Å². The van der Waals surface area contributed by atoms with Crippen LogP contribution in [0, 0.1) is 6.92 Å². The molecule has 29 heavy (non-hydrogen) atoms. The van der Waals surface area contributed by atoms with E-state index >= 15 is 0 Å². The van der Waals surface area contributed by atoms with E-state index in [1.165, 1.54) is 0 Å². The van der Waals surface area contributed by atoms with Crippen molar-refractivity contribution in [3.63, 3.8) is 0 Å². The fourth-order valence-electron chi connectivity index (χ4n) is 3.43. The van der Waals surface area contributed by atoms with Gasteiger partial charge in [0.25, 0.3) is 0 Å². The number of allylic oxidation sites excluding steroid dienone is 1. The molecule has 0 fully saturated rings. The van der Waals surface area contributed by atoms with E-state index in [-0.39, 0.29) is 5.78 Å². The molecule has 0 saturated carbocycles. The molecule has 0 amide bonds. The van der Waals surface area contributed by atoms with E-state index in [2.05, 4.69) is 20.9 Å². The number of aromatic nitrogens is 1. The zero-order valence-electron chi connectivity index (χ0n) is 15.7. The molecule has 0 radical (unpaired) electrons. The van der Waals surface area contributed by atoms with E-state index < -0.39 is 0 Å². The summed E-state index contributed by atoms with van der Waals surface area (Å²) in [5, 5.41) is 1.48. The van der Waals surface area contributed by atoms with E-state index in [0.29, 0.717) is 16.3 Å². The summed E-state index contributed by atoms with van der Waals surface area (Å²) in [4.78, 5) is 17.9. The van der Waals surface area contributed by atoms with Gasteiger partial charge < -0.3 is 0 Å². The van der Waals surface area contributed by atoms with Crippen LogP contribution in [-0.2, 0) is 0 Å². The smallest absolute Gasteiger partial charge is 0.188 e. The molecule has 1 heterocycles. The van der Waals surface area contributed by atoms with Crippen molar-refractivity contribution in [1.29, 1.82) is 0 Å². The lowest BCUT2D eigenvalue weighted by Gasteiger charge is -2.14. The number of aryl methyl sites for hydroxylation is 1. The first kappa shape index (κ1) is 19.6. The van der Waals surface area contributed by atoms with Crippen LogP contribution in [0.4, 0.5) is 0 Å². The zero-order chi connectivity index (χ0) is 20.4. The standard InChI is InChI=1S/C25H17BrClNO/c1-16-24(23(29)13-10-17-6-5-9-19(26)14-17)25(18-7-3-2-4-8-18)21-15-20(27)11-12-22(21)28-16/h2-15H,1H3/b13-10-. The molecule has 0 N–H and O–H groups in total. The van der Waals surface area contributed by atoms with E-state index in [9.17, 15) is 4.79 Å². The highest BCUT2D eigenvalue weighted by molar-refractivity contribution is 9.10. The molecule has 0 aliphatic carbocycles. The Morgan fingerprint density at radius 1 is 1.00 bits per heavy atom. The average molecular weight is 463 g/mol. The number of halogens is 2. The van der Waals surface area contributed by atoms with Crippen molar-refractivity contribution in [2.75, 3.05) is 0 Å². The van der Waals surface area contributed by atoms with Crippen LogP contribution in [0.25, 0.3) is 28.1 Å². The Hall–Kier alpha value is -2.75. The third-order valence-electron chi connectivity index (χ3n) is 4.71. The van der Waals surface area contributed by atoms with Gasteiger partial charge in [-0.25, -0.2) is 0 Å². The van der Waals surface area contributed by atoms with Gasteiger partial charge in [0.15, 0.2) is 5.78 Å². The van der Waals surface area contributed by atoms with Crippen LogP contribution < -0.4 is 0 Å². The second-order valence-electron chi connectivity index (χ2n) is 6.73. The molecular weight excluding hydrogens is 446 g/mol. The number of pyridine rings is 1. The average Bonchev–Trinajstić information content (AvgIpc) is 2.72. The third-order valence-corrected chi connectivity index (χ3v) is 5.44. The maximum absolute atomic E-state index is 13.3. The van der Waals surface area contributed by atoms with Gasteiger partial charge in [0.05, 0.1) is 11.1 Å². The van der Waals surface area contributed by atoms with Gasteiger partial charge in [0.2, 0.25) is 0 Å². The van der Waals surface area contributed by atoms with Gasteiger partial charge in [-0.2, -0.15) is 0 Å². The van der Waals surface area contributed by atoms with Crippen molar-refractivity contribution in [2.45, 2.75) is 6.92 Å². The zero-order valence-corrected chi connectivity index (χ0v) is 18.0. The van der Waals surface area contributed by atoms with E-state index in [1.807, 2.05) is 85.8 Å². The summed E-state index contributed by atoms with van der Waals surface area (Å²) in [5.41, 5.74) is 4.88. The van der Waals surface area contributed by atoms with Gasteiger partial charge in [-0.15, -0.1) is 0 Å². The third kappa shape index (κ3) is 4.16. The second kappa shape index (κ2) is 8.32. The minimum Gasteiger partial charge on any atom is -0.289 e. The monoisotopic (exact) mass is 461 g/mol. The Morgan fingerprint density at radius 3 is 2.55 bits per heavy atom. The summed E-state index contributed by atoms with van der Waals surface area (Å²) in [5.74, 6) is -0.0873. The Morgan fingerprint density at radius 2 is 1.79 bits per heavy atom. The van der Waals surface area contributed by atoms with Crippen molar-refractivity contribution < 1.29 is 4.79 Å². The predicted molar refractivity (Wildman–Crippen MR) is 124 cm³/mol. The number of ketones is 1. The van der Waals surface area contributed by atoms with E-state index in [0.717, 1.165) is 32.1 Å². The molecule has 0 aliphatic heterocycles. The SMILES string of the molecule is Cc1nc2ccc(Cl)cc2c(-c2ccccc2)c1C(=O)/C=C\c1cccc(Br)c1. The van der Waals surface area contributed by atoms with Gasteiger partial charge in [0.1, 0.15) is 0 Å². The van der Waals surface area contributed by atoms with Gasteiger partial charge in [-0.1, -0.05) is 76.1 Å². The molecule has 0 spiro atoms.